The number of ketones is 1. The number of nitrogens with one attached hydrogen (secondary N) is 3. The molecule has 0 atom stereocenters. The minimum Gasteiger partial charge on any atom is -0.453 e. The van der Waals surface area contributed by atoms with Gasteiger partial charge in [-0.1, -0.05) is 36.4 Å². The van der Waals surface area contributed by atoms with E-state index in [1.54, 1.807) is 48.5 Å². The molecule has 0 fully saturated rings. The summed E-state index contributed by atoms with van der Waals surface area (Å²) in [7, 11) is 1.21. The van der Waals surface area contributed by atoms with Crippen LogP contribution in [-0.2, 0) is 9.53 Å². The van der Waals surface area contributed by atoms with E-state index < -0.39 is 6.09 Å². The number of methoxy groups -OCH3 is 1. The highest BCUT2D eigenvalue weighted by molar-refractivity contribution is 7.80. The molecular formula is C18H17N3O4S. The molecule has 3 N–H and O–H groups in total. The van der Waals surface area contributed by atoms with Crippen LogP contribution in [0.5, 0.6) is 0 Å². The molecule has 0 aliphatic carbocycles. The van der Waals surface area contributed by atoms with Crippen LogP contribution in [0.4, 0.5) is 16.2 Å². The molecule has 2 aromatic rings. The number of carbonyl (C=O) groups is 3. The molecule has 2 amide bonds. The molecular weight excluding hydrogens is 354 g/mol. The van der Waals surface area contributed by atoms with Gasteiger partial charge in [-0.25, -0.2) is 4.79 Å². The lowest BCUT2D eigenvalue weighted by Gasteiger charge is -2.16. The van der Waals surface area contributed by atoms with Gasteiger partial charge in [0.05, 0.1) is 18.5 Å². The molecule has 0 saturated heterocycles. The van der Waals surface area contributed by atoms with E-state index in [0.717, 1.165) is 0 Å². The monoisotopic (exact) mass is 371 g/mol. The lowest BCUT2D eigenvalue weighted by atomic mass is 10.0. The van der Waals surface area contributed by atoms with Gasteiger partial charge in [0.15, 0.2) is 10.9 Å². The van der Waals surface area contributed by atoms with Gasteiger partial charge in [0.2, 0.25) is 5.91 Å². The minimum absolute atomic E-state index is 0.0345. The van der Waals surface area contributed by atoms with Crippen molar-refractivity contribution in [3.63, 3.8) is 0 Å². The molecule has 8 heteroatoms. The molecule has 0 aliphatic rings. The van der Waals surface area contributed by atoms with Gasteiger partial charge in [-0.15, -0.1) is 0 Å². The van der Waals surface area contributed by atoms with E-state index in [-0.39, 0.29) is 28.1 Å². The van der Waals surface area contributed by atoms with Crippen molar-refractivity contribution in [1.29, 1.82) is 0 Å². The van der Waals surface area contributed by atoms with E-state index in [4.69, 9.17) is 12.2 Å². The van der Waals surface area contributed by atoms with Crippen LogP contribution in [-0.4, -0.2) is 30.0 Å². The Kier molecular flexibility index (Phi) is 6.40. The second kappa shape index (κ2) is 8.72. The van der Waals surface area contributed by atoms with Crippen molar-refractivity contribution in [3.8, 4) is 0 Å². The van der Waals surface area contributed by atoms with Crippen LogP contribution in [0.25, 0.3) is 0 Å². The number of ether oxygens (including phenoxy) is 1. The van der Waals surface area contributed by atoms with Crippen molar-refractivity contribution in [2.45, 2.75) is 6.92 Å². The molecule has 0 spiro atoms. The van der Waals surface area contributed by atoms with Gasteiger partial charge in [0.25, 0.3) is 0 Å². The van der Waals surface area contributed by atoms with Gasteiger partial charge in [-0.2, -0.15) is 0 Å². The normalized spacial score (nSPS) is 9.77. The highest BCUT2D eigenvalue weighted by Crippen LogP contribution is 2.28. The summed E-state index contributed by atoms with van der Waals surface area (Å²) >= 11 is 5.03. The van der Waals surface area contributed by atoms with Gasteiger partial charge in [-0.05, 0) is 24.4 Å². The van der Waals surface area contributed by atoms with Gasteiger partial charge in [0, 0.05) is 18.1 Å². The van der Waals surface area contributed by atoms with E-state index in [1.165, 1.54) is 14.0 Å². The van der Waals surface area contributed by atoms with Crippen molar-refractivity contribution in [2.75, 3.05) is 17.7 Å². The predicted molar refractivity (Wildman–Crippen MR) is 102 cm³/mol. The topological polar surface area (TPSA) is 96.5 Å². The number of hydrogen-bond acceptors (Lipinski definition) is 5. The largest absolute Gasteiger partial charge is 0.453 e. The number of rotatable bonds is 4. The zero-order valence-corrected chi connectivity index (χ0v) is 15.0. The fraction of sp³-hybridized carbons (Fsp3) is 0.111. The molecule has 7 nitrogen and oxygen atoms in total. The highest BCUT2D eigenvalue weighted by atomic mass is 32.1. The Morgan fingerprint density at radius 2 is 1.65 bits per heavy atom. The van der Waals surface area contributed by atoms with Crippen molar-refractivity contribution in [2.24, 2.45) is 0 Å². The lowest BCUT2D eigenvalue weighted by Crippen LogP contribution is -2.34. The Bertz CT molecular complexity index is 853. The number of thiocarbonyl (C=S) groups is 1. The average molecular weight is 371 g/mol. The van der Waals surface area contributed by atoms with Crippen LogP contribution in [0.3, 0.4) is 0 Å². The summed E-state index contributed by atoms with van der Waals surface area (Å²) in [6, 6.07) is 13.5. The Morgan fingerprint density at radius 3 is 2.27 bits per heavy atom. The quantitative estimate of drug-likeness (QED) is 0.565. The first kappa shape index (κ1) is 19.1. The fourth-order valence-electron chi connectivity index (χ4n) is 2.20. The number of anilines is 2. The molecule has 0 aliphatic heterocycles. The first-order chi connectivity index (χ1) is 12.4. The molecule has 134 valence electrons. The van der Waals surface area contributed by atoms with E-state index in [1.807, 2.05) is 0 Å². The molecule has 0 unspecified atom stereocenters. The van der Waals surface area contributed by atoms with Crippen molar-refractivity contribution in [3.05, 3.63) is 59.7 Å². The lowest BCUT2D eigenvalue weighted by molar-refractivity contribution is -0.114. The van der Waals surface area contributed by atoms with Crippen LogP contribution in [0.1, 0.15) is 22.8 Å². The zero-order chi connectivity index (χ0) is 19.1. The van der Waals surface area contributed by atoms with Gasteiger partial charge < -0.3 is 15.4 Å². The van der Waals surface area contributed by atoms with Crippen molar-refractivity contribution in [1.82, 2.24) is 5.32 Å². The summed E-state index contributed by atoms with van der Waals surface area (Å²) < 4.78 is 4.47. The maximum Gasteiger partial charge on any atom is 0.413 e. The third kappa shape index (κ3) is 4.87. The van der Waals surface area contributed by atoms with Crippen LogP contribution in [0.15, 0.2) is 48.5 Å². The van der Waals surface area contributed by atoms with E-state index in [2.05, 4.69) is 20.7 Å². The van der Waals surface area contributed by atoms with E-state index in [0.29, 0.717) is 11.3 Å². The van der Waals surface area contributed by atoms with E-state index >= 15 is 0 Å². The molecule has 26 heavy (non-hydrogen) atoms. The third-order valence-corrected chi connectivity index (χ3v) is 3.50. The summed E-state index contributed by atoms with van der Waals surface area (Å²) in [6.45, 7) is 1.33. The van der Waals surface area contributed by atoms with Crippen LogP contribution in [0.2, 0.25) is 0 Å². The molecule has 0 heterocycles. The maximum atomic E-state index is 12.8. The molecule has 0 bridgehead atoms. The SMILES string of the molecule is COC(=O)NC(=S)Nc1cccc(C(=O)c2ccccc2)c1NC(C)=O. The number of amides is 2. The van der Waals surface area contributed by atoms with Gasteiger partial charge >= 0.3 is 6.09 Å². The summed E-state index contributed by atoms with van der Waals surface area (Å²) in [4.78, 5) is 35.7. The Balaban J connectivity index is 2.40. The predicted octanol–water partition coefficient (Wildman–Crippen LogP) is 2.93. The molecule has 0 saturated carbocycles. The number of para-hydroxylation sites is 1. The number of hydrogen-bond donors (Lipinski definition) is 3. The van der Waals surface area contributed by atoms with Crippen molar-refractivity contribution >= 4 is 46.5 Å². The number of benzene rings is 2. The highest BCUT2D eigenvalue weighted by Gasteiger charge is 2.18. The average Bonchev–Trinajstić information content (AvgIpc) is 2.62. The zero-order valence-electron chi connectivity index (χ0n) is 14.2. The second-order valence-electron chi connectivity index (χ2n) is 5.18. The standard InChI is InChI=1S/C18H17N3O4S/c1-11(22)19-15-13(16(23)12-7-4-3-5-8-12)9-6-10-14(15)20-17(26)21-18(24)25-2/h3-10H,1-2H3,(H,19,22)(H2,20,21,24,26). The number of carbonyl (C=O) groups excluding carboxylic acids is 3. The first-order valence-electron chi connectivity index (χ1n) is 7.58. The third-order valence-electron chi connectivity index (χ3n) is 3.30. The molecule has 0 radical (unpaired) electrons. The minimum atomic E-state index is -0.736. The first-order valence-corrected chi connectivity index (χ1v) is 7.99. The molecule has 0 aromatic heterocycles. The fourth-order valence-corrected chi connectivity index (χ4v) is 2.39. The van der Waals surface area contributed by atoms with Crippen LogP contribution >= 0.6 is 12.2 Å². The van der Waals surface area contributed by atoms with Crippen molar-refractivity contribution < 1.29 is 19.1 Å². The van der Waals surface area contributed by atoms with Crippen LogP contribution < -0.4 is 16.0 Å². The number of alkyl carbamates (subject to hydrolysis) is 1. The Labute approximate surface area is 155 Å². The van der Waals surface area contributed by atoms with Crippen LogP contribution in [0, 0.1) is 0 Å². The van der Waals surface area contributed by atoms with Gasteiger partial charge in [0.1, 0.15) is 0 Å². The Hall–Kier alpha value is -3.26. The van der Waals surface area contributed by atoms with Gasteiger partial charge in [-0.3, -0.25) is 14.9 Å². The second-order valence-corrected chi connectivity index (χ2v) is 5.58. The summed E-state index contributed by atoms with van der Waals surface area (Å²) in [5.74, 6) is -0.613. The summed E-state index contributed by atoms with van der Waals surface area (Å²) in [6.07, 6.45) is -0.736. The Morgan fingerprint density at radius 1 is 0.962 bits per heavy atom. The molecule has 2 rings (SSSR count). The maximum absolute atomic E-state index is 12.8. The van der Waals surface area contributed by atoms with E-state index in [9.17, 15) is 14.4 Å². The summed E-state index contributed by atoms with van der Waals surface area (Å²) in [5.41, 5.74) is 1.40. The smallest absolute Gasteiger partial charge is 0.413 e. The summed E-state index contributed by atoms with van der Waals surface area (Å²) in [5, 5.41) is 7.69. The molecule has 2 aromatic carbocycles.